The van der Waals surface area contributed by atoms with Gasteiger partial charge in [0.2, 0.25) is 0 Å². The second-order valence-electron chi connectivity index (χ2n) is 6.65. The largest absolute Gasteiger partial charge is 0.357 e. The Morgan fingerprint density at radius 2 is 2.08 bits per heavy atom. The number of urea groups is 1. The van der Waals surface area contributed by atoms with E-state index in [4.69, 9.17) is 0 Å². The molecule has 0 spiro atoms. The average molecular weight is 451 g/mol. The van der Waals surface area contributed by atoms with Crippen molar-refractivity contribution in [2.45, 2.75) is 58.5 Å². The van der Waals surface area contributed by atoms with Gasteiger partial charge in [-0.15, -0.1) is 24.0 Å². The fraction of sp³-hybridized carbons (Fsp3) is 0.812. The van der Waals surface area contributed by atoms with Crippen LogP contribution in [0.3, 0.4) is 0 Å². The van der Waals surface area contributed by atoms with Gasteiger partial charge in [0.15, 0.2) is 5.96 Å². The molecular formula is C16H30IN5O2. The molecule has 3 amide bonds. The van der Waals surface area contributed by atoms with Crippen molar-refractivity contribution in [1.29, 1.82) is 0 Å². The van der Waals surface area contributed by atoms with Crippen molar-refractivity contribution in [2.75, 3.05) is 19.6 Å². The Morgan fingerprint density at radius 3 is 2.58 bits per heavy atom. The van der Waals surface area contributed by atoms with Crippen molar-refractivity contribution < 1.29 is 9.59 Å². The van der Waals surface area contributed by atoms with E-state index in [9.17, 15) is 9.59 Å². The molecular weight excluding hydrogens is 421 g/mol. The van der Waals surface area contributed by atoms with Crippen LogP contribution < -0.4 is 16.0 Å². The Bertz CT molecular complexity index is 499. The number of carbonyl (C=O) groups is 2. The molecule has 0 aromatic heterocycles. The van der Waals surface area contributed by atoms with Gasteiger partial charge in [-0.25, -0.2) is 4.79 Å². The number of guanidine groups is 1. The summed E-state index contributed by atoms with van der Waals surface area (Å²) in [6.45, 7) is 9.72. The maximum absolute atomic E-state index is 12.3. The van der Waals surface area contributed by atoms with Crippen LogP contribution in [0.25, 0.3) is 0 Å². The molecule has 3 unspecified atom stereocenters. The molecule has 2 rings (SSSR count). The second kappa shape index (κ2) is 8.87. The van der Waals surface area contributed by atoms with Gasteiger partial charge in [-0.3, -0.25) is 14.7 Å². The minimum absolute atomic E-state index is 0. The topological polar surface area (TPSA) is 85.8 Å². The molecule has 0 aromatic rings. The molecule has 138 valence electrons. The fourth-order valence-electron chi connectivity index (χ4n) is 2.63. The van der Waals surface area contributed by atoms with Gasteiger partial charge in [-0.2, -0.15) is 0 Å². The molecule has 0 aromatic carbocycles. The van der Waals surface area contributed by atoms with Crippen LogP contribution in [0.2, 0.25) is 0 Å². The summed E-state index contributed by atoms with van der Waals surface area (Å²) in [5.74, 6) is 1.39. The zero-order chi connectivity index (χ0) is 17.0. The molecule has 3 atom stereocenters. The number of aliphatic imine (C=N–C) groups is 1. The summed E-state index contributed by atoms with van der Waals surface area (Å²) in [4.78, 5) is 30.0. The van der Waals surface area contributed by atoms with E-state index in [1.165, 1.54) is 11.3 Å². The molecule has 2 fully saturated rings. The van der Waals surface area contributed by atoms with Gasteiger partial charge >= 0.3 is 6.03 Å². The Hall–Kier alpha value is -1.06. The van der Waals surface area contributed by atoms with Crippen LogP contribution in [-0.2, 0) is 4.79 Å². The Balaban J connectivity index is 0.00000288. The lowest BCUT2D eigenvalue weighted by atomic mass is 9.99. The molecule has 2 aliphatic rings. The van der Waals surface area contributed by atoms with Crippen LogP contribution in [0.1, 0.15) is 47.0 Å². The number of rotatable bonds is 7. The van der Waals surface area contributed by atoms with Crippen LogP contribution in [0.5, 0.6) is 0 Å². The summed E-state index contributed by atoms with van der Waals surface area (Å²) in [6.07, 6.45) is 2.44. The van der Waals surface area contributed by atoms with E-state index in [2.05, 4.69) is 27.9 Å². The highest BCUT2D eigenvalue weighted by molar-refractivity contribution is 14.0. The van der Waals surface area contributed by atoms with E-state index in [1.807, 2.05) is 13.8 Å². The van der Waals surface area contributed by atoms with Crippen molar-refractivity contribution in [1.82, 2.24) is 20.9 Å². The fourth-order valence-corrected chi connectivity index (χ4v) is 2.63. The Labute approximate surface area is 161 Å². The molecule has 0 bridgehead atoms. The second-order valence-corrected chi connectivity index (χ2v) is 6.65. The highest BCUT2D eigenvalue weighted by Crippen LogP contribution is 2.28. The summed E-state index contributed by atoms with van der Waals surface area (Å²) >= 11 is 0. The number of halogens is 1. The first-order valence-corrected chi connectivity index (χ1v) is 8.60. The van der Waals surface area contributed by atoms with Gasteiger partial charge in [0, 0.05) is 25.7 Å². The van der Waals surface area contributed by atoms with Crippen molar-refractivity contribution in [3.63, 3.8) is 0 Å². The van der Waals surface area contributed by atoms with Crippen LogP contribution >= 0.6 is 24.0 Å². The van der Waals surface area contributed by atoms with E-state index in [1.54, 1.807) is 6.92 Å². The van der Waals surface area contributed by atoms with Gasteiger partial charge in [-0.1, -0.05) is 13.8 Å². The standard InChI is InChI=1S/C16H29N5O2.HI/c1-5-16(4)13(22)21(15(23)20-16)9-7-8-18-14(17-6-2)19-12-10-11(12)3;/h11-12H,5-10H2,1-4H3,(H,20,23)(H2,17,18,19);1H. The number of amides is 3. The van der Waals surface area contributed by atoms with E-state index < -0.39 is 5.54 Å². The first-order valence-electron chi connectivity index (χ1n) is 8.60. The first-order chi connectivity index (χ1) is 10.9. The third-order valence-corrected chi connectivity index (χ3v) is 4.64. The van der Waals surface area contributed by atoms with E-state index in [-0.39, 0.29) is 35.9 Å². The van der Waals surface area contributed by atoms with Crippen molar-refractivity contribution in [3.05, 3.63) is 0 Å². The smallest absolute Gasteiger partial charge is 0.325 e. The zero-order valence-electron chi connectivity index (χ0n) is 15.0. The number of carbonyl (C=O) groups excluding carboxylic acids is 2. The first kappa shape index (κ1) is 21.0. The third kappa shape index (κ3) is 4.97. The van der Waals surface area contributed by atoms with Gasteiger partial charge in [0.25, 0.3) is 5.91 Å². The van der Waals surface area contributed by atoms with E-state index in [0.29, 0.717) is 37.9 Å². The Kier molecular flexibility index (Phi) is 7.75. The predicted molar refractivity (Wildman–Crippen MR) is 106 cm³/mol. The molecule has 1 aliphatic carbocycles. The summed E-state index contributed by atoms with van der Waals surface area (Å²) in [6, 6.07) is 0.226. The molecule has 1 saturated heterocycles. The van der Waals surface area contributed by atoms with Crippen LogP contribution in [0, 0.1) is 5.92 Å². The number of hydrogen-bond donors (Lipinski definition) is 3. The lowest BCUT2D eigenvalue weighted by molar-refractivity contribution is -0.130. The monoisotopic (exact) mass is 451 g/mol. The average Bonchev–Trinajstić information content (AvgIpc) is 3.15. The lowest BCUT2D eigenvalue weighted by Crippen LogP contribution is -2.43. The molecule has 1 heterocycles. The quantitative estimate of drug-likeness (QED) is 0.181. The van der Waals surface area contributed by atoms with Gasteiger partial charge in [0.1, 0.15) is 5.54 Å². The van der Waals surface area contributed by atoms with E-state index >= 15 is 0 Å². The van der Waals surface area contributed by atoms with Crippen molar-refractivity contribution >= 4 is 41.9 Å². The normalized spacial score (nSPS) is 29.2. The van der Waals surface area contributed by atoms with E-state index in [0.717, 1.165) is 12.5 Å². The van der Waals surface area contributed by atoms with Crippen molar-refractivity contribution in [3.8, 4) is 0 Å². The minimum Gasteiger partial charge on any atom is -0.357 e. The minimum atomic E-state index is -0.751. The number of imide groups is 1. The molecule has 0 radical (unpaired) electrons. The van der Waals surface area contributed by atoms with Gasteiger partial charge in [-0.05, 0) is 39.0 Å². The molecule has 3 N–H and O–H groups in total. The third-order valence-electron chi connectivity index (χ3n) is 4.64. The summed E-state index contributed by atoms with van der Waals surface area (Å²) in [5, 5.41) is 9.38. The molecule has 24 heavy (non-hydrogen) atoms. The molecule has 8 heteroatoms. The van der Waals surface area contributed by atoms with Gasteiger partial charge < -0.3 is 16.0 Å². The molecule has 1 aliphatic heterocycles. The van der Waals surface area contributed by atoms with Gasteiger partial charge in [0.05, 0.1) is 0 Å². The zero-order valence-corrected chi connectivity index (χ0v) is 17.3. The highest BCUT2D eigenvalue weighted by atomic mass is 127. The van der Waals surface area contributed by atoms with Crippen molar-refractivity contribution in [2.24, 2.45) is 10.9 Å². The van der Waals surface area contributed by atoms with Crippen LogP contribution in [0.15, 0.2) is 4.99 Å². The summed E-state index contributed by atoms with van der Waals surface area (Å²) in [7, 11) is 0. The van der Waals surface area contributed by atoms with Crippen LogP contribution in [-0.4, -0.2) is 54.0 Å². The SMILES string of the molecule is CCNC(=NCCCN1C(=O)NC(C)(CC)C1=O)NC1CC1C.I. The highest BCUT2D eigenvalue weighted by Gasteiger charge is 2.45. The molecule has 7 nitrogen and oxygen atoms in total. The summed E-state index contributed by atoms with van der Waals surface area (Å²) in [5.41, 5.74) is -0.751. The lowest BCUT2D eigenvalue weighted by Gasteiger charge is -2.19. The Morgan fingerprint density at radius 1 is 1.42 bits per heavy atom. The number of hydrogen-bond acceptors (Lipinski definition) is 3. The number of nitrogens with one attached hydrogen (secondary N) is 3. The predicted octanol–water partition coefficient (Wildman–Crippen LogP) is 1.68. The summed E-state index contributed by atoms with van der Waals surface area (Å²) < 4.78 is 0. The maximum Gasteiger partial charge on any atom is 0.325 e. The van der Waals surface area contributed by atoms with Crippen LogP contribution in [0.4, 0.5) is 4.79 Å². The molecule has 1 saturated carbocycles. The maximum atomic E-state index is 12.3. The number of nitrogens with zero attached hydrogens (tertiary/aromatic N) is 2.